The number of pyridine rings is 1. The fourth-order valence-corrected chi connectivity index (χ4v) is 4.55. The summed E-state index contributed by atoms with van der Waals surface area (Å²) in [6.07, 6.45) is 2.98. The van der Waals surface area contributed by atoms with Gasteiger partial charge < -0.3 is 15.1 Å². The minimum atomic E-state index is -0.0264. The monoisotopic (exact) mass is 420 g/mol. The Morgan fingerprint density at radius 3 is 2.73 bits per heavy atom. The number of hydrogen-bond acceptors (Lipinski definition) is 5. The lowest BCUT2D eigenvalue weighted by Gasteiger charge is -2.23. The molecule has 1 aliphatic carbocycles. The summed E-state index contributed by atoms with van der Waals surface area (Å²) in [4.78, 5) is 34.6. The molecule has 0 bridgehead atoms. The molecule has 2 fully saturated rings. The van der Waals surface area contributed by atoms with Gasteiger partial charge in [-0.05, 0) is 42.8 Å². The Bertz CT molecular complexity index is 1080. The fraction of sp³-hybridized carbons (Fsp3) is 0.348. The van der Waals surface area contributed by atoms with Gasteiger partial charge in [-0.1, -0.05) is 18.2 Å². The van der Waals surface area contributed by atoms with Gasteiger partial charge in [0.15, 0.2) is 0 Å². The molecule has 2 amide bonds. The number of nitrogens with one attached hydrogen (secondary N) is 1. The van der Waals surface area contributed by atoms with Crippen LogP contribution in [0.2, 0.25) is 0 Å². The van der Waals surface area contributed by atoms with Crippen molar-refractivity contribution in [3.63, 3.8) is 0 Å². The second kappa shape index (κ2) is 8.07. The summed E-state index contributed by atoms with van der Waals surface area (Å²) >= 11 is 1.54. The molecule has 0 atom stereocenters. The Morgan fingerprint density at radius 1 is 1.07 bits per heavy atom. The number of aromatic nitrogens is 1. The van der Waals surface area contributed by atoms with E-state index < -0.39 is 0 Å². The van der Waals surface area contributed by atoms with Crippen LogP contribution in [0.3, 0.4) is 0 Å². The summed E-state index contributed by atoms with van der Waals surface area (Å²) in [6, 6.07) is 11.9. The lowest BCUT2D eigenvalue weighted by Crippen LogP contribution is -2.35. The zero-order valence-electron chi connectivity index (χ0n) is 16.7. The number of fused-ring (bicyclic) bond motifs is 1. The smallest absolute Gasteiger partial charge is 0.254 e. The minimum absolute atomic E-state index is 0.0264. The second-order valence-corrected chi connectivity index (χ2v) is 8.72. The van der Waals surface area contributed by atoms with Crippen molar-refractivity contribution in [2.24, 2.45) is 0 Å². The number of benzene rings is 1. The third-order valence-corrected chi connectivity index (χ3v) is 6.42. The lowest BCUT2D eigenvalue weighted by molar-refractivity contribution is 0.0767. The van der Waals surface area contributed by atoms with Crippen LogP contribution in [-0.2, 0) is 0 Å². The van der Waals surface area contributed by atoms with Crippen molar-refractivity contribution in [2.75, 3.05) is 31.1 Å². The van der Waals surface area contributed by atoms with Crippen molar-refractivity contribution >= 4 is 39.9 Å². The molecule has 7 heteroatoms. The van der Waals surface area contributed by atoms with Crippen LogP contribution in [0.5, 0.6) is 0 Å². The predicted molar refractivity (Wildman–Crippen MR) is 119 cm³/mol. The molecule has 3 aromatic rings. The van der Waals surface area contributed by atoms with Crippen LogP contribution >= 0.6 is 11.3 Å². The molecular formula is C23H24N4O2S. The molecule has 0 radical (unpaired) electrons. The Morgan fingerprint density at radius 2 is 1.93 bits per heavy atom. The Hall–Kier alpha value is -2.93. The quantitative estimate of drug-likeness (QED) is 0.701. The van der Waals surface area contributed by atoms with Gasteiger partial charge >= 0.3 is 0 Å². The van der Waals surface area contributed by atoms with Gasteiger partial charge in [0.05, 0.1) is 16.6 Å². The van der Waals surface area contributed by atoms with Crippen LogP contribution in [0.1, 0.15) is 40.0 Å². The van der Waals surface area contributed by atoms with Gasteiger partial charge in [-0.3, -0.25) is 9.59 Å². The van der Waals surface area contributed by atoms with Gasteiger partial charge in [0.25, 0.3) is 11.8 Å². The van der Waals surface area contributed by atoms with Gasteiger partial charge in [0.2, 0.25) is 0 Å². The van der Waals surface area contributed by atoms with Crippen LogP contribution < -0.4 is 10.2 Å². The average Bonchev–Trinajstić information content (AvgIpc) is 3.48. The summed E-state index contributed by atoms with van der Waals surface area (Å²) < 4.78 is 0. The van der Waals surface area contributed by atoms with Gasteiger partial charge in [0, 0.05) is 43.0 Å². The van der Waals surface area contributed by atoms with E-state index >= 15 is 0 Å². The Labute approximate surface area is 179 Å². The number of carbonyl (C=O) groups is 2. The Balaban J connectivity index is 1.40. The summed E-state index contributed by atoms with van der Waals surface area (Å²) in [5.41, 5.74) is 2.26. The molecule has 0 spiro atoms. The summed E-state index contributed by atoms with van der Waals surface area (Å²) in [7, 11) is 0. The van der Waals surface area contributed by atoms with E-state index in [-0.39, 0.29) is 11.8 Å². The van der Waals surface area contributed by atoms with Gasteiger partial charge in [-0.15, -0.1) is 0 Å². The average molecular weight is 421 g/mol. The number of para-hydroxylation sites is 1. The highest BCUT2D eigenvalue weighted by Gasteiger charge is 2.26. The third kappa shape index (κ3) is 3.89. The van der Waals surface area contributed by atoms with E-state index in [0.717, 1.165) is 54.6 Å². The zero-order valence-corrected chi connectivity index (χ0v) is 17.5. The summed E-state index contributed by atoms with van der Waals surface area (Å²) in [6.45, 7) is 2.88. The van der Waals surface area contributed by atoms with E-state index in [2.05, 4.69) is 10.2 Å². The first-order valence-electron chi connectivity index (χ1n) is 10.5. The SMILES string of the molecule is O=C(NC1CC1)c1cc(N2CCCN(C(=O)c3ccsc3)CC2)nc2ccccc12. The van der Waals surface area contributed by atoms with E-state index in [9.17, 15) is 9.59 Å². The predicted octanol–water partition coefficient (Wildman–Crippen LogP) is 3.54. The highest BCUT2D eigenvalue weighted by Crippen LogP contribution is 2.26. The number of hydrogen-bond donors (Lipinski definition) is 1. The van der Waals surface area contributed by atoms with E-state index in [1.165, 1.54) is 0 Å². The van der Waals surface area contributed by atoms with Gasteiger partial charge in [-0.2, -0.15) is 11.3 Å². The number of anilines is 1. The topological polar surface area (TPSA) is 65.5 Å². The van der Waals surface area contributed by atoms with Crippen molar-refractivity contribution in [1.82, 2.24) is 15.2 Å². The first-order valence-corrected chi connectivity index (χ1v) is 11.4. The minimum Gasteiger partial charge on any atom is -0.355 e. The zero-order chi connectivity index (χ0) is 20.5. The maximum absolute atomic E-state index is 12.9. The third-order valence-electron chi connectivity index (χ3n) is 5.74. The maximum Gasteiger partial charge on any atom is 0.254 e. The molecule has 0 unspecified atom stereocenters. The van der Waals surface area contributed by atoms with Crippen molar-refractivity contribution in [2.45, 2.75) is 25.3 Å². The van der Waals surface area contributed by atoms with Crippen molar-refractivity contribution in [1.29, 1.82) is 0 Å². The normalized spacial score (nSPS) is 17.1. The largest absolute Gasteiger partial charge is 0.355 e. The molecule has 1 saturated carbocycles. The molecule has 1 N–H and O–H groups in total. The van der Waals surface area contributed by atoms with Crippen LogP contribution in [0.15, 0.2) is 47.2 Å². The van der Waals surface area contributed by atoms with Crippen molar-refractivity contribution in [3.8, 4) is 0 Å². The molecule has 1 aromatic carbocycles. The summed E-state index contributed by atoms with van der Waals surface area (Å²) in [5.74, 6) is 0.870. The molecule has 6 nitrogen and oxygen atoms in total. The molecule has 1 saturated heterocycles. The lowest BCUT2D eigenvalue weighted by atomic mass is 10.1. The Kier molecular flexibility index (Phi) is 5.12. The maximum atomic E-state index is 12.9. The van der Waals surface area contributed by atoms with E-state index in [0.29, 0.717) is 24.7 Å². The second-order valence-electron chi connectivity index (χ2n) is 7.94. The van der Waals surface area contributed by atoms with E-state index in [1.54, 1.807) is 11.3 Å². The molecule has 3 heterocycles. The van der Waals surface area contributed by atoms with E-state index in [4.69, 9.17) is 4.98 Å². The summed E-state index contributed by atoms with van der Waals surface area (Å²) in [5, 5.41) is 7.82. The molecule has 2 aliphatic rings. The van der Waals surface area contributed by atoms with Crippen molar-refractivity contribution in [3.05, 3.63) is 58.3 Å². The molecule has 154 valence electrons. The molecular weight excluding hydrogens is 396 g/mol. The number of nitrogens with zero attached hydrogens (tertiary/aromatic N) is 3. The van der Waals surface area contributed by atoms with Gasteiger partial charge in [0.1, 0.15) is 5.82 Å². The highest BCUT2D eigenvalue weighted by molar-refractivity contribution is 7.08. The number of thiophene rings is 1. The van der Waals surface area contributed by atoms with Crippen LogP contribution in [0, 0.1) is 0 Å². The van der Waals surface area contributed by atoms with Crippen LogP contribution in [-0.4, -0.2) is 53.9 Å². The van der Waals surface area contributed by atoms with Gasteiger partial charge in [-0.25, -0.2) is 4.98 Å². The standard InChI is InChI=1S/C23H24N4O2S/c28-22(24-17-6-7-17)19-14-21(25-20-5-2-1-4-18(19)20)26-9-3-10-27(12-11-26)23(29)16-8-13-30-15-16/h1-2,4-5,8,13-15,17H,3,6-7,9-12H2,(H,24,28). The number of rotatable bonds is 4. The van der Waals surface area contributed by atoms with Crippen LogP contribution in [0.25, 0.3) is 10.9 Å². The number of amides is 2. The van der Waals surface area contributed by atoms with E-state index in [1.807, 2.05) is 52.1 Å². The van der Waals surface area contributed by atoms with Crippen LogP contribution in [0.4, 0.5) is 5.82 Å². The highest BCUT2D eigenvalue weighted by atomic mass is 32.1. The first kappa shape index (κ1) is 19.1. The fourth-order valence-electron chi connectivity index (χ4n) is 3.92. The molecule has 1 aliphatic heterocycles. The molecule has 5 rings (SSSR count). The molecule has 2 aromatic heterocycles. The number of carbonyl (C=O) groups excluding carboxylic acids is 2. The van der Waals surface area contributed by atoms with Crippen molar-refractivity contribution < 1.29 is 9.59 Å². The first-order chi connectivity index (χ1) is 14.7. The molecule has 30 heavy (non-hydrogen) atoms.